The molecular weight excluding hydrogens is 280 g/mol. The van der Waals surface area contributed by atoms with E-state index in [-0.39, 0.29) is 12.3 Å². The predicted molar refractivity (Wildman–Crippen MR) is 79.8 cm³/mol. The molecule has 5 N–H and O–H groups in total. The zero-order valence-corrected chi connectivity index (χ0v) is 12.6. The van der Waals surface area contributed by atoms with Gasteiger partial charge in [-0.2, -0.15) is 0 Å². The first kappa shape index (κ1) is 16.6. The molecule has 1 rings (SSSR count). The Labute approximate surface area is 119 Å². The first-order chi connectivity index (χ1) is 9.54. The highest BCUT2D eigenvalue weighted by Crippen LogP contribution is 2.20. The molecular formula is C11H22N6O2S. The Kier molecular flexibility index (Phi) is 6.62. The van der Waals surface area contributed by atoms with E-state index in [0.717, 1.165) is 18.4 Å². The van der Waals surface area contributed by atoms with Gasteiger partial charge in [0.05, 0.1) is 5.75 Å². The minimum Gasteiger partial charge on any atom is -0.369 e. The fourth-order valence-corrected chi connectivity index (χ4v) is 2.73. The van der Waals surface area contributed by atoms with Crippen molar-refractivity contribution in [3.8, 4) is 0 Å². The number of aromatic nitrogens is 2. The van der Waals surface area contributed by atoms with Crippen molar-refractivity contribution < 1.29 is 8.42 Å². The lowest BCUT2D eigenvalue weighted by atomic mass is 10.1. The van der Waals surface area contributed by atoms with E-state index in [0.29, 0.717) is 18.2 Å². The second-order valence-electron chi connectivity index (χ2n) is 4.19. The molecule has 0 saturated heterocycles. The maximum Gasteiger partial charge on any atom is 0.213 e. The van der Waals surface area contributed by atoms with E-state index < -0.39 is 10.0 Å². The molecule has 0 spiro atoms. The summed E-state index contributed by atoms with van der Waals surface area (Å²) in [6.07, 6.45) is 3.05. The summed E-state index contributed by atoms with van der Waals surface area (Å²) >= 11 is 0. The molecule has 1 aromatic rings. The number of anilines is 2. The maximum atomic E-state index is 11.5. The zero-order valence-electron chi connectivity index (χ0n) is 11.8. The van der Waals surface area contributed by atoms with Crippen LogP contribution in [-0.4, -0.2) is 37.2 Å². The number of sulfonamides is 1. The van der Waals surface area contributed by atoms with Gasteiger partial charge >= 0.3 is 0 Å². The number of nitrogens with one attached hydrogen (secondary N) is 3. The largest absolute Gasteiger partial charge is 0.369 e. The van der Waals surface area contributed by atoms with Gasteiger partial charge in [0.2, 0.25) is 10.0 Å². The van der Waals surface area contributed by atoms with Gasteiger partial charge in [-0.25, -0.2) is 29.0 Å². The van der Waals surface area contributed by atoms with Crippen LogP contribution < -0.4 is 21.3 Å². The molecule has 0 aliphatic rings. The smallest absolute Gasteiger partial charge is 0.213 e. The van der Waals surface area contributed by atoms with Crippen molar-refractivity contribution in [1.29, 1.82) is 0 Å². The molecule has 0 fully saturated rings. The van der Waals surface area contributed by atoms with Crippen LogP contribution in [-0.2, 0) is 16.4 Å². The number of hydrazine groups is 1. The number of rotatable bonds is 9. The van der Waals surface area contributed by atoms with Crippen LogP contribution in [0.25, 0.3) is 0 Å². The van der Waals surface area contributed by atoms with E-state index in [1.54, 1.807) is 6.92 Å². The number of nitrogens with zero attached hydrogens (tertiary/aromatic N) is 2. The third kappa shape index (κ3) is 4.91. The lowest BCUT2D eigenvalue weighted by Gasteiger charge is -2.13. The van der Waals surface area contributed by atoms with E-state index >= 15 is 0 Å². The van der Waals surface area contributed by atoms with Crippen molar-refractivity contribution >= 4 is 21.7 Å². The SMILES string of the molecule is CCCc1c(NN)ncnc1NCCS(=O)(=O)NCC. The number of nitrogens with two attached hydrogens (primary N) is 1. The van der Waals surface area contributed by atoms with Crippen LogP contribution in [0.4, 0.5) is 11.6 Å². The van der Waals surface area contributed by atoms with Crippen LogP contribution in [0.1, 0.15) is 25.8 Å². The molecule has 0 amide bonds. The van der Waals surface area contributed by atoms with Gasteiger partial charge in [-0.1, -0.05) is 20.3 Å². The van der Waals surface area contributed by atoms with Crippen molar-refractivity contribution in [2.24, 2.45) is 5.84 Å². The summed E-state index contributed by atoms with van der Waals surface area (Å²) in [7, 11) is -3.24. The van der Waals surface area contributed by atoms with Crippen molar-refractivity contribution in [1.82, 2.24) is 14.7 Å². The molecule has 0 aromatic carbocycles. The quantitative estimate of drug-likeness (QED) is 0.376. The van der Waals surface area contributed by atoms with Gasteiger partial charge < -0.3 is 10.7 Å². The first-order valence-corrected chi connectivity index (χ1v) is 8.21. The van der Waals surface area contributed by atoms with Gasteiger partial charge in [0.15, 0.2) is 0 Å². The summed E-state index contributed by atoms with van der Waals surface area (Å²) < 4.78 is 25.5. The van der Waals surface area contributed by atoms with Crippen LogP contribution in [0.2, 0.25) is 0 Å². The molecule has 1 aromatic heterocycles. The summed E-state index contributed by atoms with van der Waals surface area (Å²) in [6, 6.07) is 0. The van der Waals surface area contributed by atoms with E-state index in [1.165, 1.54) is 6.33 Å². The van der Waals surface area contributed by atoms with Gasteiger partial charge in [-0.15, -0.1) is 0 Å². The standard InChI is InChI=1S/C11H22N6O2S/c1-3-5-9-10(14-8-15-11(9)17-12)13-6-7-20(18,19)16-4-2/h8,16H,3-7,12H2,1-2H3,(H2,13,14,15,17). The third-order valence-corrected chi connectivity index (χ3v) is 4.08. The monoisotopic (exact) mass is 302 g/mol. The summed E-state index contributed by atoms with van der Waals surface area (Å²) in [5.74, 6) is 6.57. The second kappa shape index (κ2) is 7.98. The predicted octanol–water partition coefficient (Wildman–Crippen LogP) is 0.0659. The minimum absolute atomic E-state index is 0.0121. The summed E-state index contributed by atoms with van der Waals surface area (Å²) in [4.78, 5) is 8.18. The summed E-state index contributed by atoms with van der Waals surface area (Å²) in [6.45, 7) is 4.44. The van der Waals surface area contributed by atoms with Crippen LogP contribution in [0.3, 0.4) is 0 Å². The Bertz CT molecular complexity index is 520. The highest BCUT2D eigenvalue weighted by Gasteiger charge is 2.12. The molecule has 8 nitrogen and oxygen atoms in total. The van der Waals surface area contributed by atoms with Gasteiger partial charge in [0.25, 0.3) is 0 Å². The fraction of sp³-hybridized carbons (Fsp3) is 0.636. The maximum absolute atomic E-state index is 11.5. The Morgan fingerprint density at radius 3 is 2.55 bits per heavy atom. The van der Waals surface area contributed by atoms with E-state index in [4.69, 9.17) is 5.84 Å². The molecule has 0 atom stereocenters. The van der Waals surface area contributed by atoms with Crippen LogP contribution in [0.5, 0.6) is 0 Å². The van der Waals surface area contributed by atoms with Crippen molar-refractivity contribution in [3.05, 3.63) is 11.9 Å². The average molecular weight is 302 g/mol. The molecule has 0 aliphatic carbocycles. The van der Waals surface area contributed by atoms with Gasteiger partial charge in [-0.05, 0) is 6.42 Å². The van der Waals surface area contributed by atoms with Crippen LogP contribution >= 0.6 is 0 Å². The van der Waals surface area contributed by atoms with Crippen molar-refractivity contribution in [3.63, 3.8) is 0 Å². The van der Waals surface area contributed by atoms with Gasteiger partial charge in [0.1, 0.15) is 18.0 Å². The van der Waals surface area contributed by atoms with Crippen LogP contribution in [0, 0.1) is 0 Å². The van der Waals surface area contributed by atoms with Gasteiger partial charge in [-0.3, -0.25) is 0 Å². The van der Waals surface area contributed by atoms with E-state index in [2.05, 4.69) is 25.4 Å². The van der Waals surface area contributed by atoms with E-state index in [9.17, 15) is 8.42 Å². The highest BCUT2D eigenvalue weighted by atomic mass is 32.2. The Morgan fingerprint density at radius 2 is 1.95 bits per heavy atom. The molecule has 0 saturated carbocycles. The molecule has 20 heavy (non-hydrogen) atoms. The normalized spacial score (nSPS) is 11.3. The summed E-state index contributed by atoms with van der Waals surface area (Å²) in [5.41, 5.74) is 3.39. The molecule has 114 valence electrons. The van der Waals surface area contributed by atoms with Gasteiger partial charge in [0, 0.05) is 18.7 Å². The molecule has 0 radical (unpaired) electrons. The summed E-state index contributed by atoms with van der Waals surface area (Å²) in [5, 5.41) is 3.02. The molecule has 0 unspecified atom stereocenters. The Hall–Kier alpha value is -1.45. The molecule has 0 bridgehead atoms. The number of nitrogen functional groups attached to an aromatic ring is 1. The fourth-order valence-electron chi connectivity index (χ4n) is 1.77. The van der Waals surface area contributed by atoms with E-state index in [1.807, 2.05) is 6.92 Å². The lowest BCUT2D eigenvalue weighted by Crippen LogP contribution is -2.29. The zero-order chi connectivity index (χ0) is 15.0. The van der Waals surface area contributed by atoms with Crippen molar-refractivity contribution in [2.45, 2.75) is 26.7 Å². The first-order valence-electron chi connectivity index (χ1n) is 6.55. The molecule has 1 heterocycles. The Balaban J connectivity index is 2.72. The molecule has 0 aliphatic heterocycles. The number of hydrogen-bond donors (Lipinski definition) is 4. The van der Waals surface area contributed by atoms with Crippen LogP contribution in [0.15, 0.2) is 6.33 Å². The lowest BCUT2D eigenvalue weighted by molar-refractivity contribution is 0.584. The number of hydrogen-bond acceptors (Lipinski definition) is 7. The van der Waals surface area contributed by atoms with Crippen molar-refractivity contribution in [2.75, 3.05) is 29.6 Å². The minimum atomic E-state index is -3.24. The second-order valence-corrected chi connectivity index (χ2v) is 6.11. The topological polar surface area (TPSA) is 122 Å². The Morgan fingerprint density at radius 1 is 1.25 bits per heavy atom. The molecule has 9 heteroatoms. The highest BCUT2D eigenvalue weighted by molar-refractivity contribution is 7.89. The average Bonchev–Trinajstić information content (AvgIpc) is 2.40. The third-order valence-electron chi connectivity index (χ3n) is 2.61.